The molecule has 6 N–H and O–H groups in total. The molecule has 0 saturated carbocycles. The van der Waals surface area contributed by atoms with Crippen molar-refractivity contribution in [3.63, 3.8) is 0 Å². The average Bonchev–Trinajstić information content (AvgIpc) is 2.77. The Hall–Kier alpha value is -3.94. The summed E-state index contributed by atoms with van der Waals surface area (Å²) in [6.07, 6.45) is 0. The summed E-state index contributed by atoms with van der Waals surface area (Å²) in [4.78, 5) is 29.6. The molecule has 0 saturated heterocycles. The highest BCUT2D eigenvalue weighted by Crippen LogP contribution is 2.29. The number of benzene rings is 1. The van der Waals surface area contributed by atoms with Gasteiger partial charge >= 0.3 is 0 Å². The summed E-state index contributed by atoms with van der Waals surface area (Å²) in [6, 6.07) is 7.07. The van der Waals surface area contributed by atoms with Crippen molar-refractivity contribution in [2.24, 2.45) is 16.6 Å². The van der Waals surface area contributed by atoms with Gasteiger partial charge in [-0.25, -0.2) is 8.42 Å². The van der Waals surface area contributed by atoms with Gasteiger partial charge < -0.3 is 35.7 Å². The number of nitrogens with zero attached hydrogens (tertiary/aromatic N) is 2. The molecule has 1 aromatic carbocycles. The number of aryl methyl sites for hydroxylation is 1. The Morgan fingerprint density at radius 2 is 1.88 bits per heavy atom. The van der Waals surface area contributed by atoms with Gasteiger partial charge in [-0.05, 0) is 36.3 Å². The number of amides is 1. The molecule has 0 aliphatic carbocycles. The van der Waals surface area contributed by atoms with E-state index < -0.39 is 21.5 Å². The van der Waals surface area contributed by atoms with E-state index in [4.69, 9.17) is 25.8 Å². The average molecular weight is 483 g/mol. The molecule has 1 amide bonds. The number of guanidine groups is 1. The molecule has 0 fully saturated rings. The first kappa shape index (κ1) is 25.3. The summed E-state index contributed by atoms with van der Waals surface area (Å²) in [6.45, 7) is 1.37. The zero-order valence-electron chi connectivity index (χ0n) is 18.3. The predicted molar refractivity (Wildman–Crippen MR) is 121 cm³/mol. The number of pyridine rings is 1. The summed E-state index contributed by atoms with van der Waals surface area (Å²) >= 11 is 0. The van der Waals surface area contributed by atoms with Crippen LogP contribution in [-0.2, 0) is 26.2 Å². The number of carbonyl (C=O) groups is 1. The number of anilines is 1. The van der Waals surface area contributed by atoms with Crippen molar-refractivity contribution in [1.29, 1.82) is 0 Å². The minimum absolute atomic E-state index is 0.0136. The highest BCUT2D eigenvalue weighted by molar-refractivity contribution is 7.92. The van der Waals surface area contributed by atoms with E-state index in [9.17, 15) is 18.0 Å². The summed E-state index contributed by atoms with van der Waals surface area (Å²) < 4.78 is 39.5. The lowest BCUT2D eigenvalue weighted by molar-refractivity contribution is -0.122. The molecule has 2 rings (SSSR count). The van der Waals surface area contributed by atoms with Crippen molar-refractivity contribution < 1.29 is 27.5 Å². The number of rotatable bonds is 11. The van der Waals surface area contributed by atoms with Crippen LogP contribution in [0.4, 0.5) is 5.69 Å². The smallest absolute Gasteiger partial charge is 0.275 e. The zero-order valence-corrected chi connectivity index (χ0v) is 19.1. The van der Waals surface area contributed by atoms with Crippen LogP contribution in [0.5, 0.6) is 11.5 Å². The van der Waals surface area contributed by atoms with Gasteiger partial charge in [0.05, 0.1) is 20.8 Å². The molecule has 180 valence electrons. The third kappa shape index (κ3) is 6.77. The molecule has 13 nitrogen and oxygen atoms in total. The Kier molecular flexibility index (Phi) is 8.50. The maximum atomic E-state index is 13.0. The van der Waals surface area contributed by atoms with Crippen molar-refractivity contribution in [3.05, 3.63) is 46.4 Å². The van der Waals surface area contributed by atoms with Gasteiger partial charge in [-0.1, -0.05) is 0 Å². The molecule has 0 aliphatic heterocycles. The van der Waals surface area contributed by atoms with E-state index in [1.807, 2.05) is 0 Å². The van der Waals surface area contributed by atoms with Crippen LogP contribution in [0.25, 0.3) is 0 Å². The first-order valence-corrected chi connectivity index (χ1v) is 11.0. The van der Waals surface area contributed by atoms with Crippen LogP contribution in [0.2, 0.25) is 0 Å². The van der Waals surface area contributed by atoms with E-state index >= 15 is 0 Å². The molecule has 0 unspecified atom stereocenters. The first-order chi connectivity index (χ1) is 15.6. The van der Waals surface area contributed by atoms with E-state index in [0.29, 0.717) is 5.69 Å². The molecular formula is C19H26N6O7S. The van der Waals surface area contributed by atoms with Crippen molar-refractivity contribution in [2.75, 3.05) is 32.1 Å². The van der Waals surface area contributed by atoms with E-state index in [0.717, 1.165) is 4.57 Å². The minimum Gasteiger partial charge on any atom is -0.497 e. The van der Waals surface area contributed by atoms with Gasteiger partial charge in [0.15, 0.2) is 0 Å². The Morgan fingerprint density at radius 3 is 2.52 bits per heavy atom. The molecule has 0 radical (unpaired) electrons. The highest BCUT2D eigenvalue weighted by Gasteiger charge is 2.23. The summed E-state index contributed by atoms with van der Waals surface area (Å²) in [5.41, 5.74) is 9.73. The number of sulfonamides is 1. The van der Waals surface area contributed by atoms with Crippen molar-refractivity contribution in [2.45, 2.75) is 18.4 Å². The topological polar surface area (TPSA) is 189 Å². The minimum atomic E-state index is -4.22. The number of hydrogen-bond acceptors (Lipinski definition) is 8. The number of oxime groups is 1. The fraction of sp³-hybridized carbons (Fsp3) is 0.316. The van der Waals surface area contributed by atoms with Gasteiger partial charge in [0.2, 0.25) is 11.9 Å². The fourth-order valence-electron chi connectivity index (χ4n) is 2.69. The van der Waals surface area contributed by atoms with Gasteiger partial charge in [0, 0.05) is 11.8 Å². The molecule has 1 heterocycles. The molecule has 33 heavy (non-hydrogen) atoms. The summed E-state index contributed by atoms with van der Waals surface area (Å²) in [5, 5.41) is 5.85. The molecule has 2 aromatic rings. The Balaban J connectivity index is 2.22. The molecular weight excluding hydrogens is 456 g/mol. The standard InChI is InChI=1S/C19H26N6O7S/c1-12-4-6-14(18(27)25(12)11-17(26)22-8-9-32-23-19(20)21)24-33(28,29)16-10-13(30-2)5-7-15(16)31-3/h4-7,10,24H,8-9,11H2,1-3H3,(H,22,26)(H4,20,21,23). The number of carbonyl (C=O) groups excluding carboxylic acids is 1. The summed E-state index contributed by atoms with van der Waals surface area (Å²) in [7, 11) is -1.50. The highest BCUT2D eigenvalue weighted by atomic mass is 32.2. The van der Waals surface area contributed by atoms with Gasteiger partial charge in [-0.15, -0.1) is 0 Å². The van der Waals surface area contributed by atoms with Gasteiger partial charge in [0.25, 0.3) is 15.6 Å². The van der Waals surface area contributed by atoms with Crippen LogP contribution in [0, 0.1) is 6.92 Å². The SMILES string of the molecule is COc1ccc(OC)c(S(=O)(=O)Nc2ccc(C)n(CC(=O)NCCON=C(N)N)c2=O)c1. The van der Waals surface area contributed by atoms with E-state index in [1.165, 1.54) is 44.6 Å². The first-order valence-electron chi connectivity index (χ1n) is 9.52. The number of aromatic nitrogens is 1. The van der Waals surface area contributed by atoms with Crippen molar-refractivity contribution in [1.82, 2.24) is 9.88 Å². The maximum Gasteiger partial charge on any atom is 0.275 e. The molecule has 0 atom stereocenters. The second-order valence-corrected chi connectivity index (χ2v) is 8.25. The van der Waals surface area contributed by atoms with Crippen LogP contribution < -0.4 is 36.5 Å². The van der Waals surface area contributed by atoms with Gasteiger partial charge in [-0.3, -0.25) is 14.3 Å². The normalized spacial score (nSPS) is 10.8. The van der Waals surface area contributed by atoms with Crippen molar-refractivity contribution >= 4 is 27.6 Å². The molecule has 1 aromatic heterocycles. The van der Waals surface area contributed by atoms with Crippen LogP contribution in [0.1, 0.15) is 5.69 Å². The molecule has 0 bridgehead atoms. The Morgan fingerprint density at radius 1 is 1.15 bits per heavy atom. The zero-order chi connectivity index (χ0) is 24.6. The molecule has 0 aliphatic rings. The fourth-order valence-corrected chi connectivity index (χ4v) is 3.94. The second-order valence-electron chi connectivity index (χ2n) is 6.60. The van der Waals surface area contributed by atoms with Gasteiger partial charge in [-0.2, -0.15) is 0 Å². The lowest BCUT2D eigenvalue weighted by Gasteiger charge is -2.15. The summed E-state index contributed by atoms with van der Waals surface area (Å²) in [5.74, 6) is -0.395. The number of methoxy groups -OCH3 is 2. The monoisotopic (exact) mass is 482 g/mol. The predicted octanol–water partition coefficient (Wildman–Crippen LogP) is -0.704. The van der Waals surface area contributed by atoms with Crippen LogP contribution in [-0.4, -0.2) is 52.2 Å². The molecule has 14 heteroatoms. The van der Waals surface area contributed by atoms with E-state index in [2.05, 4.69) is 15.2 Å². The van der Waals surface area contributed by atoms with E-state index in [-0.39, 0.29) is 47.7 Å². The lowest BCUT2D eigenvalue weighted by Crippen LogP contribution is -2.36. The number of ether oxygens (including phenoxy) is 2. The van der Waals surface area contributed by atoms with Crippen LogP contribution in [0.3, 0.4) is 0 Å². The third-order valence-electron chi connectivity index (χ3n) is 4.28. The Bertz CT molecular complexity index is 1190. The van der Waals surface area contributed by atoms with Gasteiger partial charge in [0.1, 0.15) is 35.2 Å². The van der Waals surface area contributed by atoms with Crippen LogP contribution >= 0.6 is 0 Å². The largest absolute Gasteiger partial charge is 0.497 e. The van der Waals surface area contributed by atoms with E-state index in [1.54, 1.807) is 6.92 Å². The third-order valence-corrected chi connectivity index (χ3v) is 5.67. The lowest BCUT2D eigenvalue weighted by atomic mass is 10.3. The quantitative estimate of drug-likeness (QED) is 0.139. The second kappa shape index (κ2) is 11.1. The van der Waals surface area contributed by atoms with Crippen molar-refractivity contribution in [3.8, 4) is 11.5 Å². The number of hydrogen-bond donors (Lipinski definition) is 4. The number of nitrogens with one attached hydrogen (secondary N) is 2. The Labute approximate surface area is 190 Å². The number of nitrogens with two attached hydrogens (primary N) is 2. The van der Waals surface area contributed by atoms with Crippen LogP contribution in [0.15, 0.2) is 45.2 Å². The molecule has 0 spiro atoms. The maximum absolute atomic E-state index is 13.0.